The van der Waals surface area contributed by atoms with E-state index in [1.165, 1.54) is 5.56 Å². The number of rotatable bonds is 6. The Balaban J connectivity index is 1.76. The zero-order valence-electron chi connectivity index (χ0n) is 14.4. The zero-order chi connectivity index (χ0) is 18.7. The lowest BCUT2D eigenvalue weighted by molar-refractivity contribution is -0.115. The van der Waals surface area contributed by atoms with Gasteiger partial charge < -0.3 is 5.32 Å². The quantitative estimate of drug-likeness (QED) is 0.609. The fourth-order valence-corrected chi connectivity index (χ4v) is 3.50. The molecule has 1 unspecified atom stereocenters. The number of carbonyl (C=O) groups excluding carboxylic acids is 1. The number of benzene rings is 2. The van der Waals surface area contributed by atoms with Crippen LogP contribution in [-0.4, -0.2) is 20.7 Å². The van der Waals surface area contributed by atoms with Crippen molar-refractivity contribution in [1.82, 2.24) is 9.55 Å². The molecule has 0 saturated heterocycles. The minimum Gasteiger partial charge on any atom is -0.325 e. The van der Waals surface area contributed by atoms with Crippen molar-refractivity contribution in [1.29, 1.82) is 0 Å². The average Bonchev–Trinajstić information content (AvgIpc) is 3.00. The van der Waals surface area contributed by atoms with Crippen molar-refractivity contribution in [2.45, 2.75) is 37.2 Å². The van der Waals surface area contributed by atoms with Gasteiger partial charge in [-0.2, -0.15) is 8.78 Å². The molecule has 26 heavy (non-hydrogen) atoms. The van der Waals surface area contributed by atoms with Gasteiger partial charge in [0, 0.05) is 5.69 Å². The number of imidazole rings is 1. The van der Waals surface area contributed by atoms with Crippen LogP contribution in [0.4, 0.5) is 14.5 Å². The molecule has 1 atom stereocenters. The molecule has 0 fully saturated rings. The van der Waals surface area contributed by atoms with Crippen LogP contribution in [0.15, 0.2) is 53.7 Å². The number of aromatic nitrogens is 2. The Kier molecular flexibility index (Phi) is 5.56. The van der Waals surface area contributed by atoms with Gasteiger partial charge in [0.05, 0.1) is 16.3 Å². The Morgan fingerprint density at radius 1 is 1.19 bits per heavy atom. The third kappa shape index (κ3) is 3.88. The van der Waals surface area contributed by atoms with Crippen molar-refractivity contribution < 1.29 is 13.6 Å². The summed E-state index contributed by atoms with van der Waals surface area (Å²) >= 11 is 1.02. The highest BCUT2D eigenvalue weighted by atomic mass is 32.2. The van der Waals surface area contributed by atoms with Gasteiger partial charge in [-0.25, -0.2) is 4.98 Å². The standard InChI is InChI=1S/C19H19F2N3OS/c1-3-13-8-10-14(11-9-13)22-17(25)12(2)26-19-23-15-6-4-5-7-16(15)24(19)18(20)21/h4-12,18H,3H2,1-2H3,(H,22,25). The van der Waals surface area contributed by atoms with Crippen LogP contribution in [0.25, 0.3) is 11.0 Å². The molecule has 7 heteroatoms. The van der Waals surface area contributed by atoms with Crippen molar-refractivity contribution in [2.24, 2.45) is 0 Å². The molecule has 0 spiro atoms. The zero-order valence-corrected chi connectivity index (χ0v) is 15.3. The molecule has 1 N–H and O–H groups in total. The molecule has 1 heterocycles. The fraction of sp³-hybridized carbons (Fsp3) is 0.263. The lowest BCUT2D eigenvalue weighted by Crippen LogP contribution is -2.23. The van der Waals surface area contributed by atoms with E-state index in [1.54, 1.807) is 31.2 Å². The molecule has 4 nitrogen and oxygen atoms in total. The number of alkyl halides is 2. The molecule has 3 aromatic rings. The van der Waals surface area contributed by atoms with Gasteiger partial charge in [0.1, 0.15) is 0 Å². The summed E-state index contributed by atoms with van der Waals surface area (Å²) in [7, 11) is 0. The van der Waals surface area contributed by atoms with Gasteiger partial charge in [0.2, 0.25) is 5.91 Å². The largest absolute Gasteiger partial charge is 0.325 e. The van der Waals surface area contributed by atoms with E-state index in [0.717, 1.165) is 22.7 Å². The molecule has 0 aliphatic carbocycles. The molecule has 0 bridgehead atoms. The normalized spacial score (nSPS) is 12.5. The van der Waals surface area contributed by atoms with E-state index in [-0.39, 0.29) is 11.1 Å². The lowest BCUT2D eigenvalue weighted by Gasteiger charge is -2.13. The second-order valence-corrected chi connectivity index (χ2v) is 7.14. The minimum absolute atomic E-state index is 0.130. The fourth-order valence-electron chi connectivity index (χ4n) is 2.57. The Labute approximate surface area is 154 Å². The van der Waals surface area contributed by atoms with Gasteiger partial charge in [-0.05, 0) is 43.2 Å². The number of amides is 1. The van der Waals surface area contributed by atoms with Crippen LogP contribution in [-0.2, 0) is 11.2 Å². The Bertz CT molecular complexity index is 909. The van der Waals surface area contributed by atoms with Crippen LogP contribution < -0.4 is 5.32 Å². The highest BCUT2D eigenvalue weighted by molar-refractivity contribution is 8.00. The Hall–Kier alpha value is -2.41. The second-order valence-electron chi connectivity index (χ2n) is 5.83. The van der Waals surface area contributed by atoms with Gasteiger partial charge in [0.15, 0.2) is 5.16 Å². The van der Waals surface area contributed by atoms with Crippen LogP contribution in [0, 0.1) is 0 Å². The molecular formula is C19H19F2N3OS. The minimum atomic E-state index is -2.72. The maximum absolute atomic E-state index is 13.5. The summed E-state index contributed by atoms with van der Waals surface area (Å²) in [5.41, 5.74) is 2.70. The van der Waals surface area contributed by atoms with E-state index in [0.29, 0.717) is 16.7 Å². The van der Waals surface area contributed by atoms with Crippen molar-refractivity contribution in [3.05, 3.63) is 54.1 Å². The van der Waals surface area contributed by atoms with Gasteiger partial charge in [-0.15, -0.1) is 0 Å². The van der Waals surface area contributed by atoms with E-state index >= 15 is 0 Å². The number of nitrogens with zero attached hydrogens (tertiary/aromatic N) is 2. The number of thioether (sulfide) groups is 1. The lowest BCUT2D eigenvalue weighted by atomic mass is 10.1. The number of carbonyl (C=O) groups is 1. The molecule has 0 aliphatic rings. The Morgan fingerprint density at radius 2 is 1.88 bits per heavy atom. The van der Waals surface area contributed by atoms with Crippen molar-refractivity contribution in [3.63, 3.8) is 0 Å². The number of hydrogen-bond acceptors (Lipinski definition) is 3. The van der Waals surface area contributed by atoms with E-state index in [1.807, 2.05) is 24.3 Å². The molecule has 136 valence electrons. The topological polar surface area (TPSA) is 46.9 Å². The Morgan fingerprint density at radius 3 is 2.54 bits per heavy atom. The third-order valence-corrected chi connectivity index (χ3v) is 5.11. The molecule has 0 radical (unpaired) electrons. The summed E-state index contributed by atoms with van der Waals surface area (Å²) in [4.78, 5) is 16.7. The van der Waals surface area contributed by atoms with Crippen molar-refractivity contribution >= 4 is 34.4 Å². The average molecular weight is 375 g/mol. The monoisotopic (exact) mass is 375 g/mol. The summed E-state index contributed by atoms with van der Waals surface area (Å²) in [6.45, 7) is 1.01. The summed E-state index contributed by atoms with van der Waals surface area (Å²) < 4.78 is 27.8. The smallest absolute Gasteiger partial charge is 0.321 e. The number of fused-ring (bicyclic) bond motifs is 1. The number of anilines is 1. The van der Waals surface area contributed by atoms with E-state index in [9.17, 15) is 13.6 Å². The predicted molar refractivity (Wildman–Crippen MR) is 101 cm³/mol. The molecule has 0 saturated carbocycles. The molecule has 0 aliphatic heterocycles. The third-order valence-electron chi connectivity index (χ3n) is 4.04. The number of hydrogen-bond donors (Lipinski definition) is 1. The summed E-state index contributed by atoms with van der Waals surface area (Å²) in [5.74, 6) is -0.257. The van der Waals surface area contributed by atoms with Crippen LogP contribution in [0.2, 0.25) is 0 Å². The molecular weight excluding hydrogens is 356 g/mol. The first kappa shape index (κ1) is 18.4. The molecule has 2 aromatic carbocycles. The van der Waals surface area contributed by atoms with E-state index in [2.05, 4.69) is 17.2 Å². The SMILES string of the molecule is CCc1ccc(NC(=O)C(C)Sc2nc3ccccc3n2C(F)F)cc1. The number of para-hydroxylation sites is 2. The van der Waals surface area contributed by atoms with Crippen molar-refractivity contribution in [2.75, 3.05) is 5.32 Å². The second kappa shape index (κ2) is 7.86. The molecule has 1 aromatic heterocycles. The molecule has 3 rings (SSSR count). The van der Waals surface area contributed by atoms with Gasteiger partial charge >= 0.3 is 6.55 Å². The van der Waals surface area contributed by atoms with E-state index < -0.39 is 11.8 Å². The van der Waals surface area contributed by atoms with Gasteiger partial charge in [-0.3, -0.25) is 9.36 Å². The first-order chi connectivity index (χ1) is 12.5. The van der Waals surface area contributed by atoms with Crippen LogP contribution in [0.3, 0.4) is 0 Å². The van der Waals surface area contributed by atoms with Gasteiger partial charge in [0.25, 0.3) is 0 Å². The predicted octanol–water partition coefficient (Wildman–Crippen LogP) is 5.11. The number of aryl methyl sites for hydroxylation is 1. The summed E-state index contributed by atoms with van der Waals surface area (Å²) in [6.07, 6.45) is 0.921. The number of halogens is 2. The van der Waals surface area contributed by atoms with Crippen LogP contribution >= 0.6 is 11.8 Å². The summed E-state index contributed by atoms with van der Waals surface area (Å²) in [6, 6.07) is 14.3. The highest BCUT2D eigenvalue weighted by Crippen LogP contribution is 2.31. The summed E-state index contributed by atoms with van der Waals surface area (Å²) in [5, 5.41) is 2.37. The van der Waals surface area contributed by atoms with E-state index in [4.69, 9.17) is 0 Å². The number of nitrogens with one attached hydrogen (secondary N) is 1. The highest BCUT2D eigenvalue weighted by Gasteiger charge is 2.23. The van der Waals surface area contributed by atoms with Gasteiger partial charge in [-0.1, -0.05) is 43.0 Å². The first-order valence-corrected chi connectivity index (χ1v) is 9.19. The van der Waals surface area contributed by atoms with Crippen molar-refractivity contribution in [3.8, 4) is 0 Å². The van der Waals surface area contributed by atoms with Crippen LogP contribution in [0.1, 0.15) is 26.0 Å². The maximum atomic E-state index is 13.5. The maximum Gasteiger partial charge on any atom is 0.321 e. The molecule has 1 amide bonds. The van der Waals surface area contributed by atoms with Crippen LogP contribution in [0.5, 0.6) is 0 Å². The first-order valence-electron chi connectivity index (χ1n) is 8.31.